The average molecular weight is 736 g/mol. The molecule has 1 aromatic heterocycles. The van der Waals surface area contributed by atoms with Crippen molar-refractivity contribution >= 4 is 51.6 Å². The van der Waals surface area contributed by atoms with Gasteiger partial charge >= 0.3 is 6.09 Å². The molecular weight excluding hydrogens is 698 g/mol. The maximum Gasteiger partial charge on any atom is 0.410 e. The number of aromatic nitrogens is 2. The molecule has 1 aliphatic carbocycles. The molecule has 1 saturated heterocycles. The number of benzene rings is 4. The molecule has 4 aromatic carbocycles. The van der Waals surface area contributed by atoms with E-state index < -0.39 is 11.7 Å². The highest BCUT2D eigenvalue weighted by Crippen LogP contribution is 2.43. The van der Waals surface area contributed by atoms with E-state index in [1.54, 1.807) is 25.3 Å². The minimum atomic E-state index is -0.719. The summed E-state index contributed by atoms with van der Waals surface area (Å²) in [7, 11) is 1.54. The van der Waals surface area contributed by atoms with Gasteiger partial charge in [0.2, 0.25) is 11.8 Å². The highest BCUT2D eigenvalue weighted by atomic mass is 32.1. The number of hydrogen-bond donors (Lipinski definition) is 1. The van der Waals surface area contributed by atoms with Crippen molar-refractivity contribution in [1.82, 2.24) is 14.9 Å². The molecule has 1 N–H and O–H groups in total. The Kier molecular flexibility index (Phi) is 10.6. The lowest BCUT2D eigenvalue weighted by molar-refractivity contribution is -0.115. The smallest absolute Gasteiger partial charge is 0.410 e. The van der Waals surface area contributed by atoms with Gasteiger partial charge < -0.3 is 29.2 Å². The standard InChI is InChI=1S/C40H38FN5O6S/c1-25(47)46(39(53)44-30-11-7-4-8-12-30)31-13-14-35(33(41)17-31)52-38-32-18-36(49-2)37(19-34(32)42-24-43-38)50-23-27-15-28-20-45(21-29(28)16-27)40(48)51-22-26-9-5-3-6-10-26/h3-14,17-19,24,27-29H,15-16,20-23H2,1-2H3,(H,44,53). The molecule has 1 aliphatic heterocycles. The number of anilines is 2. The van der Waals surface area contributed by atoms with Crippen molar-refractivity contribution in [3.63, 3.8) is 0 Å². The summed E-state index contributed by atoms with van der Waals surface area (Å²) in [6, 6.07) is 26.4. The first kappa shape index (κ1) is 35.6. The van der Waals surface area contributed by atoms with Crippen LogP contribution in [0, 0.1) is 23.6 Å². The van der Waals surface area contributed by atoms with Gasteiger partial charge in [0.15, 0.2) is 28.2 Å². The predicted molar refractivity (Wildman–Crippen MR) is 202 cm³/mol. The van der Waals surface area contributed by atoms with Gasteiger partial charge in [-0.3, -0.25) is 9.69 Å². The van der Waals surface area contributed by atoms with E-state index in [-0.39, 0.29) is 35.1 Å². The van der Waals surface area contributed by atoms with Crippen LogP contribution in [-0.4, -0.2) is 58.8 Å². The van der Waals surface area contributed by atoms with Gasteiger partial charge in [0.05, 0.1) is 30.3 Å². The van der Waals surface area contributed by atoms with E-state index >= 15 is 4.39 Å². The van der Waals surface area contributed by atoms with Crippen LogP contribution in [0.3, 0.4) is 0 Å². The van der Waals surface area contributed by atoms with E-state index in [0.717, 1.165) is 18.4 Å². The molecular formula is C40H38FN5O6S. The van der Waals surface area contributed by atoms with Crippen molar-refractivity contribution in [3.8, 4) is 23.1 Å². The Morgan fingerprint density at radius 2 is 1.64 bits per heavy atom. The third kappa shape index (κ3) is 8.15. The Morgan fingerprint density at radius 3 is 2.32 bits per heavy atom. The summed E-state index contributed by atoms with van der Waals surface area (Å²) in [4.78, 5) is 36.9. The van der Waals surface area contributed by atoms with Crippen LogP contribution >= 0.6 is 12.2 Å². The molecule has 2 heterocycles. The maximum atomic E-state index is 15.5. The van der Waals surface area contributed by atoms with Crippen molar-refractivity contribution in [2.24, 2.45) is 17.8 Å². The monoisotopic (exact) mass is 735 g/mol. The topological polar surface area (TPSA) is 115 Å². The van der Waals surface area contributed by atoms with Gasteiger partial charge in [-0.2, -0.15) is 0 Å². The molecule has 2 fully saturated rings. The molecule has 53 heavy (non-hydrogen) atoms. The second kappa shape index (κ2) is 15.8. The Balaban J connectivity index is 0.979. The molecule has 2 aliphatic rings. The van der Waals surface area contributed by atoms with Crippen molar-refractivity contribution in [2.45, 2.75) is 26.4 Å². The number of thiocarbonyl (C=S) groups is 1. The number of hydrogen-bond acceptors (Lipinski definition) is 9. The fourth-order valence-electron chi connectivity index (χ4n) is 7.08. The Labute approximate surface area is 311 Å². The van der Waals surface area contributed by atoms with Gasteiger partial charge in [0.1, 0.15) is 12.9 Å². The summed E-state index contributed by atoms with van der Waals surface area (Å²) in [5.41, 5.74) is 2.41. The van der Waals surface area contributed by atoms with E-state index in [9.17, 15) is 9.59 Å². The molecule has 272 valence electrons. The summed E-state index contributed by atoms with van der Waals surface area (Å²) in [5.74, 6) is 1.01. The first-order valence-corrected chi connectivity index (χ1v) is 17.7. The highest BCUT2D eigenvalue weighted by Gasteiger charge is 2.43. The zero-order chi connectivity index (χ0) is 36.9. The summed E-state index contributed by atoms with van der Waals surface area (Å²) < 4.78 is 39.0. The first-order valence-electron chi connectivity index (χ1n) is 17.3. The largest absolute Gasteiger partial charge is 0.493 e. The van der Waals surface area contributed by atoms with Crippen LogP contribution in [0.2, 0.25) is 0 Å². The third-order valence-electron chi connectivity index (χ3n) is 9.59. The number of rotatable bonds is 10. The van der Waals surface area contributed by atoms with Crippen LogP contribution in [0.4, 0.5) is 20.6 Å². The first-order chi connectivity index (χ1) is 25.7. The van der Waals surface area contributed by atoms with Crippen LogP contribution in [-0.2, 0) is 16.1 Å². The number of likely N-dealkylation sites (tertiary alicyclic amines) is 1. The van der Waals surface area contributed by atoms with Crippen molar-refractivity contribution in [1.29, 1.82) is 0 Å². The number of para-hydroxylation sites is 1. The maximum absolute atomic E-state index is 15.5. The number of carbonyl (C=O) groups excluding carboxylic acids is 2. The van der Waals surface area contributed by atoms with E-state index in [4.69, 9.17) is 31.2 Å². The van der Waals surface area contributed by atoms with Crippen LogP contribution in [0.25, 0.3) is 10.9 Å². The number of methoxy groups -OCH3 is 1. The molecule has 7 rings (SSSR count). The normalized spacial score (nSPS) is 17.6. The number of halogens is 1. The van der Waals surface area contributed by atoms with E-state index in [2.05, 4.69) is 15.3 Å². The molecule has 0 spiro atoms. The molecule has 2 atom stereocenters. The zero-order valence-electron chi connectivity index (χ0n) is 29.2. The van der Waals surface area contributed by atoms with E-state index in [1.165, 1.54) is 30.3 Å². The van der Waals surface area contributed by atoms with Crippen molar-refractivity contribution in [3.05, 3.63) is 109 Å². The molecule has 2 unspecified atom stereocenters. The minimum absolute atomic E-state index is 0.0999. The number of ether oxygens (including phenoxy) is 4. The van der Waals surface area contributed by atoms with Crippen LogP contribution in [0.5, 0.6) is 23.1 Å². The Hall–Kier alpha value is -5.82. The van der Waals surface area contributed by atoms with E-state index in [1.807, 2.05) is 65.6 Å². The lowest BCUT2D eigenvalue weighted by atomic mass is 10.0. The summed E-state index contributed by atoms with van der Waals surface area (Å²) in [6.07, 6.45) is 2.97. The second-order valence-corrected chi connectivity index (χ2v) is 13.6. The Morgan fingerprint density at radius 1 is 0.925 bits per heavy atom. The number of nitrogens with zero attached hydrogens (tertiary/aromatic N) is 4. The molecule has 2 amide bonds. The SMILES string of the molecule is COc1cc2c(Oc3ccc(N(C(C)=O)C(=S)Nc4ccccc4)cc3F)ncnc2cc1OCC1CC2CN(C(=O)OCc3ccccc3)CC2C1. The number of amides is 2. The zero-order valence-corrected chi connectivity index (χ0v) is 30.1. The predicted octanol–water partition coefficient (Wildman–Crippen LogP) is 7.99. The molecule has 1 saturated carbocycles. The summed E-state index contributed by atoms with van der Waals surface area (Å²) >= 11 is 5.47. The second-order valence-electron chi connectivity index (χ2n) is 13.2. The fraction of sp³-hybridized carbons (Fsp3) is 0.275. The van der Waals surface area contributed by atoms with Crippen LogP contribution < -0.4 is 24.4 Å². The van der Waals surface area contributed by atoms with Crippen molar-refractivity contribution < 1.29 is 32.9 Å². The summed E-state index contributed by atoms with van der Waals surface area (Å²) in [5, 5.41) is 3.60. The van der Waals surface area contributed by atoms with Crippen molar-refractivity contribution in [2.75, 3.05) is 37.0 Å². The van der Waals surface area contributed by atoms with Gasteiger partial charge in [0.25, 0.3) is 0 Å². The number of nitrogens with one attached hydrogen (secondary N) is 1. The molecule has 0 radical (unpaired) electrons. The van der Waals surface area contributed by atoms with Crippen LogP contribution in [0.15, 0.2) is 97.3 Å². The van der Waals surface area contributed by atoms with Gasteiger partial charge in [-0.05, 0) is 78.7 Å². The number of fused-ring (bicyclic) bond motifs is 2. The minimum Gasteiger partial charge on any atom is -0.493 e. The molecule has 11 nitrogen and oxygen atoms in total. The highest BCUT2D eigenvalue weighted by molar-refractivity contribution is 7.80. The van der Waals surface area contributed by atoms with E-state index in [0.29, 0.717) is 65.5 Å². The third-order valence-corrected chi connectivity index (χ3v) is 9.88. The van der Waals surface area contributed by atoms with Gasteiger partial charge in [-0.15, -0.1) is 0 Å². The fourth-order valence-corrected chi connectivity index (χ4v) is 7.43. The van der Waals surface area contributed by atoms with Crippen LogP contribution in [0.1, 0.15) is 25.3 Å². The van der Waals surface area contributed by atoms with Gasteiger partial charge in [0, 0.05) is 37.8 Å². The molecule has 5 aromatic rings. The lowest BCUT2D eigenvalue weighted by Gasteiger charge is -2.23. The molecule has 0 bridgehead atoms. The molecule has 13 heteroatoms. The average Bonchev–Trinajstić information content (AvgIpc) is 3.74. The quantitative estimate of drug-likeness (QED) is 0.142. The Bertz CT molecular complexity index is 2110. The van der Waals surface area contributed by atoms with Gasteiger partial charge in [-0.25, -0.2) is 19.2 Å². The summed E-state index contributed by atoms with van der Waals surface area (Å²) in [6.45, 7) is 3.47. The van der Waals surface area contributed by atoms with Gasteiger partial charge in [-0.1, -0.05) is 48.5 Å². The number of carbonyl (C=O) groups is 2. The lowest BCUT2D eigenvalue weighted by Crippen LogP contribution is -2.38.